The summed E-state index contributed by atoms with van der Waals surface area (Å²) in [5, 5.41) is 9.94. The van der Waals surface area contributed by atoms with Gasteiger partial charge in [-0.05, 0) is 42.8 Å². The molecule has 0 radical (unpaired) electrons. The van der Waals surface area contributed by atoms with E-state index in [2.05, 4.69) is 6.07 Å². The maximum Gasteiger partial charge on any atom is 0.259 e. The molecule has 0 saturated carbocycles. The number of nitriles is 1. The van der Waals surface area contributed by atoms with E-state index in [9.17, 15) is 19.2 Å². The molecule has 6 heteroatoms. The molecule has 0 saturated heterocycles. The summed E-state index contributed by atoms with van der Waals surface area (Å²) in [7, 11) is 0. The summed E-state index contributed by atoms with van der Waals surface area (Å²) in [6.07, 6.45) is 1.65. The first-order valence-electron chi connectivity index (χ1n) is 8.75. The number of carbonyl (C=O) groups is 2. The van der Waals surface area contributed by atoms with Gasteiger partial charge in [0.05, 0.1) is 17.5 Å². The number of anilines is 1. The summed E-state index contributed by atoms with van der Waals surface area (Å²) in [6.45, 7) is 3.22. The van der Waals surface area contributed by atoms with Crippen molar-refractivity contribution in [3.8, 4) is 17.3 Å². The van der Waals surface area contributed by atoms with Gasteiger partial charge in [-0.15, -0.1) is 0 Å². The van der Waals surface area contributed by atoms with Gasteiger partial charge in [0, 0.05) is 29.8 Å². The van der Waals surface area contributed by atoms with Gasteiger partial charge in [-0.2, -0.15) is 5.26 Å². The van der Waals surface area contributed by atoms with Crippen molar-refractivity contribution in [3.05, 3.63) is 77.2 Å². The van der Waals surface area contributed by atoms with Gasteiger partial charge in [-0.1, -0.05) is 18.2 Å². The molecule has 1 amide bonds. The Kier molecular flexibility index (Phi) is 4.08. The highest BCUT2D eigenvalue weighted by molar-refractivity contribution is 6.10. The summed E-state index contributed by atoms with van der Waals surface area (Å²) in [5.41, 5.74) is 3.04. The molecule has 1 atom stereocenters. The average molecular weight is 373 g/mol. The van der Waals surface area contributed by atoms with Crippen LogP contribution in [-0.4, -0.2) is 16.4 Å². The number of hydrogen-bond acceptors (Lipinski definition) is 3. The molecule has 2 heterocycles. The normalized spacial score (nSPS) is 14.8. The minimum absolute atomic E-state index is 0.223. The highest BCUT2D eigenvalue weighted by Crippen LogP contribution is 2.47. The molecule has 1 aliphatic rings. The molecule has 1 aliphatic heterocycles. The zero-order valence-electron chi connectivity index (χ0n) is 15.3. The fourth-order valence-corrected chi connectivity index (χ4v) is 3.75. The molecule has 0 bridgehead atoms. The maximum absolute atomic E-state index is 14.1. The lowest BCUT2D eigenvalue weighted by Gasteiger charge is -2.34. The molecule has 28 heavy (non-hydrogen) atoms. The number of amides is 1. The van der Waals surface area contributed by atoms with E-state index in [-0.39, 0.29) is 11.6 Å². The van der Waals surface area contributed by atoms with E-state index in [1.165, 1.54) is 28.5 Å². The third-order valence-electron chi connectivity index (χ3n) is 4.95. The van der Waals surface area contributed by atoms with E-state index in [4.69, 9.17) is 0 Å². The van der Waals surface area contributed by atoms with Crippen molar-refractivity contribution < 1.29 is 14.0 Å². The minimum atomic E-state index is -0.974. The molecule has 1 aromatic heterocycles. The van der Waals surface area contributed by atoms with Crippen molar-refractivity contribution in [1.82, 2.24) is 4.57 Å². The Balaban J connectivity index is 2.03. The predicted molar refractivity (Wildman–Crippen MR) is 102 cm³/mol. The third kappa shape index (κ3) is 2.52. The van der Waals surface area contributed by atoms with Crippen LogP contribution in [0.3, 0.4) is 0 Å². The van der Waals surface area contributed by atoms with Crippen LogP contribution < -0.4 is 4.90 Å². The maximum atomic E-state index is 14.1. The molecule has 3 aromatic rings. The number of aromatic nitrogens is 1. The quantitative estimate of drug-likeness (QED) is 0.631. The molecule has 0 fully saturated rings. The molecule has 0 spiro atoms. The summed E-state index contributed by atoms with van der Waals surface area (Å²) < 4.78 is 15.6. The van der Waals surface area contributed by atoms with Crippen LogP contribution in [0, 0.1) is 24.1 Å². The monoisotopic (exact) mass is 373 g/mol. The Labute approximate surface area is 161 Å². The lowest BCUT2D eigenvalue weighted by atomic mass is 9.91. The molecular formula is C22H16FN3O2. The Morgan fingerprint density at radius 3 is 2.50 bits per heavy atom. The smallest absolute Gasteiger partial charge is 0.259 e. The number of nitrogens with zero attached hydrogens (tertiary/aromatic N) is 3. The van der Waals surface area contributed by atoms with Crippen molar-refractivity contribution in [3.63, 3.8) is 0 Å². The summed E-state index contributed by atoms with van der Waals surface area (Å²) in [4.78, 5) is 26.8. The van der Waals surface area contributed by atoms with Crippen LogP contribution >= 0.6 is 0 Å². The fraction of sp³-hybridized carbons (Fsp3) is 0.136. The largest absolute Gasteiger partial charge is 0.287 e. The first kappa shape index (κ1) is 17.7. The summed E-state index contributed by atoms with van der Waals surface area (Å²) >= 11 is 0. The van der Waals surface area contributed by atoms with Crippen LogP contribution in [0.25, 0.3) is 11.3 Å². The number of benzene rings is 2. The van der Waals surface area contributed by atoms with Gasteiger partial charge in [-0.25, -0.2) is 4.39 Å². The number of fused-ring (bicyclic) bond motifs is 3. The Morgan fingerprint density at radius 1 is 1.14 bits per heavy atom. The van der Waals surface area contributed by atoms with Gasteiger partial charge < -0.3 is 0 Å². The van der Waals surface area contributed by atoms with Crippen molar-refractivity contribution in [2.75, 3.05) is 4.90 Å². The lowest BCUT2D eigenvalue weighted by molar-refractivity contribution is 0.0938. The van der Waals surface area contributed by atoms with Crippen molar-refractivity contribution in [1.29, 1.82) is 5.26 Å². The van der Waals surface area contributed by atoms with Gasteiger partial charge in [0.1, 0.15) is 5.82 Å². The van der Waals surface area contributed by atoms with Crippen LogP contribution in [0.15, 0.2) is 54.7 Å². The summed E-state index contributed by atoms with van der Waals surface area (Å²) in [5.74, 6) is -1.15. The van der Waals surface area contributed by atoms with E-state index < -0.39 is 17.8 Å². The summed E-state index contributed by atoms with van der Waals surface area (Å²) in [6, 6.07) is 13.8. The standard InChI is InChI=1S/C22H16FN3O2/c1-13-12-25(14(2)27)21-17-9-8-16(23)10-18(17)26(19(11-24)20(13)21)22(28)15-6-4-3-5-7-15/h3-10,12,19H,1-2H3. The molecule has 1 unspecified atom stereocenters. The van der Waals surface area contributed by atoms with Crippen molar-refractivity contribution >= 4 is 17.5 Å². The highest BCUT2D eigenvalue weighted by Gasteiger charge is 2.39. The van der Waals surface area contributed by atoms with E-state index in [1.54, 1.807) is 49.5 Å². The molecule has 0 N–H and O–H groups in total. The van der Waals surface area contributed by atoms with E-state index >= 15 is 0 Å². The number of carbonyl (C=O) groups excluding carboxylic acids is 2. The van der Waals surface area contributed by atoms with Crippen molar-refractivity contribution in [2.24, 2.45) is 0 Å². The van der Waals surface area contributed by atoms with Gasteiger partial charge >= 0.3 is 0 Å². The van der Waals surface area contributed by atoms with Gasteiger partial charge in [0.2, 0.25) is 5.91 Å². The molecule has 2 aromatic carbocycles. The van der Waals surface area contributed by atoms with E-state index in [0.29, 0.717) is 22.4 Å². The molecule has 4 rings (SSSR count). The first-order chi connectivity index (χ1) is 13.4. The number of hydrogen-bond donors (Lipinski definition) is 0. The minimum Gasteiger partial charge on any atom is -0.287 e. The Morgan fingerprint density at radius 2 is 1.86 bits per heavy atom. The van der Waals surface area contributed by atoms with Gasteiger partial charge in [0.25, 0.3) is 5.91 Å². The highest BCUT2D eigenvalue weighted by atomic mass is 19.1. The van der Waals surface area contributed by atoms with E-state index in [1.807, 2.05) is 0 Å². The molecule has 138 valence electrons. The van der Waals surface area contributed by atoms with Crippen molar-refractivity contribution in [2.45, 2.75) is 19.9 Å². The zero-order valence-corrected chi connectivity index (χ0v) is 15.3. The predicted octanol–water partition coefficient (Wildman–Crippen LogP) is 4.49. The zero-order chi connectivity index (χ0) is 20.0. The fourth-order valence-electron chi connectivity index (χ4n) is 3.75. The van der Waals surface area contributed by atoms with Crippen LogP contribution in [-0.2, 0) is 0 Å². The van der Waals surface area contributed by atoms with E-state index in [0.717, 1.165) is 5.56 Å². The lowest BCUT2D eigenvalue weighted by Crippen LogP contribution is -2.37. The number of aryl methyl sites for hydroxylation is 1. The second-order valence-corrected chi connectivity index (χ2v) is 6.70. The topological polar surface area (TPSA) is 66.1 Å². The average Bonchev–Trinajstić information content (AvgIpc) is 3.04. The van der Waals surface area contributed by atoms with Gasteiger partial charge in [-0.3, -0.25) is 19.1 Å². The van der Waals surface area contributed by atoms with Gasteiger partial charge in [0.15, 0.2) is 6.04 Å². The van der Waals surface area contributed by atoms with Crippen LogP contribution in [0.2, 0.25) is 0 Å². The second-order valence-electron chi connectivity index (χ2n) is 6.70. The Bertz CT molecular complexity index is 1160. The molecule has 0 aliphatic carbocycles. The van der Waals surface area contributed by atoms with Crippen LogP contribution in [0.1, 0.15) is 39.2 Å². The first-order valence-corrected chi connectivity index (χ1v) is 8.75. The van der Waals surface area contributed by atoms with Crippen LogP contribution in [0.5, 0.6) is 0 Å². The third-order valence-corrected chi connectivity index (χ3v) is 4.95. The SMILES string of the molecule is CC(=O)n1cc(C)c2c1-c1ccc(F)cc1N(C(=O)c1ccccc1)C2C#N. The second kappa shape index (κ2) is 6.46. The molecule has 5 nitrogen and oxygen atoms in total. The Hall–Kier alpha value is -3.72. The van der Waals surface area contributed by atoms with Crippen LogP contribution in [0.4, 0.5) is 10.1 Å². The number of halogens is 1. The number of rotatable bonds is 1. The molecular weight excluding hydrogens is 357 g/mol.